The molecule has 0 saturated carbocycles. The van der Waals surface area contributed by atoms with Gasteiger partial charge in [0.25, 0.3) is 0 Å². The summed E-state index contributed by atoms with van der Waals surface area (Å²) in [5.41, 5.74) is 1.68. The standard InChI is InChI=1S/C11H21N5O/c1-11(2,10(17)14-12)8-15(3)7-9-13-5-6-16(9)4/h5-6H,7-8,12H2,1-4H3,(H,14,17). The van der Waals surface area contributed by atoms with Crippen molar-refractivity contribution >= 4 is 5.91 Å². The molecule has 1 heterocycles. The van der Waals surface area contributed by atoms with E-state index in [9.17, 15) is 4.79 Å². The molecule has 0 fully saturated rings. The lowest BCUT2D eigenvalue weighted by molar-refractivity contribution is -0.130. The van der Waals surface area contributed by atoms with Crippen LogP contribution in [0.2, 0.25) is 0 Å². The topological polar surface area (TPSA) is 76.2 Å². The third kappa shape index (κ3) is 3.54. The number of carbonyl (C=O) groups is 1. The highest BCUT2D eigenvalue weighted by Gasteiger charge is 2.28. The molecule has 1 aromatic rings. The minimum Gasteiger partial charge on any atom is -0.337 e. The van der Waals surface area contributed by atoms with E-state index < -0.39 is 5.41 Å². The van der Waals surface area contributed by atoms with E-state index in [-0.39, 0.29) is 5.91 Å². The average molecular weight is 239 g/mol. The maximum Gasteiger partial charge on any atom is 0.240 e. The minimum absolute atomic E-state index is 0.163. The van der Waals surface area contributed by atoms with Crippen LogP contribution in [-0.2, 0) is 18.4 Å². The molecule has 0 atom stereocenters. The van der Waals surface area contributed by atoms with Crippen LogP contribution in [0.15, 0.2) is 12.4 Å². The van der Waals surface area contributed by atoms with Crippen LogP contribution in [0.5, 0.6) is 0 Å². The second kappa shape index (κ2) is 5.29. The number of carbonyl (C=O) groups excluding carboxylic acids is 1. The first kappa shape index (κ1) is 13.7. The summed E-state index contributed by atoms with van der Waals surface area (Å²) in [5.74, 6) is 5.97. The van der Waals surface area contributed by atoms with Crippen LogP contribution in [-0.4, -0.2) is 34.0 Å². The molecule has 96 valence electrons. The summed E-state index contributed by atoms with van der Waals surface area (Å²) in [6.07, 6.45) is 3.67. The Bertz CT molecular complexity index is 385. The first-order valence-electron chi connectivity index (χ1n) is 5.52. The molecule has 0 saturated heterocycles. The van der Waals surface area contributed by atoms with Crippen LogP contribution in [0.3, 0.4) is 0 Å². The number of aromatic nitrogens is 2. The van der Waals surface area contributed by atoms with Gasteiger partial charge in [-0.25, -0.2) is 10.8 Å². The fourth-order valence-corrected chi connectivity index (χ4v) is 1.79. The first-order valence-corrected chi connectivity index (χ1v) is 5.52. The molecule has 17 heavy (non-hydrogen) atoms. The van der Waals surface area contributed by atoms with E-state index in [1.807, 2.05) is 38.7 Å². The number of nitrogens with two attached hydrogens (primary N) is 1. The van der Waals surface area contributed by atoms with Crippen molar-refractivity contribution in [2.75, 3.05) is 13.6 Å². The van der Waals surface area contributed by atoms with Gasteiger partial charge in [0.05, 0.1) is 12.0 Å². The molecular formula is C11H21N5O. The molecule has 1 rings (SSSR count). The van der Waals surface area contributed by atoms with Crippen LogP contribution < -0.4 is 11.3 Å². The van der Waals surface area contributed by atoms with Crippen molar-refractivity contribution in [1.82, 2.24) is 19.9 Å². The largest absolute Gasteiger partial charge is 0.337 e. The smallest absolute Gasteiger partial charge is 0.240 e. The molecule has 3 N–H and O–H groups in total. The summed E-state index contributed by atoms with van der Waals surface area (Å²) in [4.78, 5) is 17.9. The van der Waals surface area contributed by atoms with Crippen molar-refractivity contribution in [3.8, 4) is 0 Å². The van der Waals surface area contributed by atoms with Crippen LogP contribution in [0.25, 0.3) is 0 Å². The number of amides is 1. The van der Waals surface area contributed by atoms with Crippen molar-refractivity contribution in [2.24, 2.45) is 18.3 Å². The van der Waals surface area contributed by atoms with Crippen molar-refractivity contribution < 1.29 is 4.79 Å². The monoisotopic (exact) mass is 239 g/mol. The quantitative estimate of drug-likeness (QED) is 0.426. The summed E-state index contributed by atoms with van der Waals surface area (Å²) in [7, 11) is 3.91. The molecule has 0 aliphatic rings. The molecule has 1 amide bonds. The van der Waals surface area contributed by atoms with Crippen LogP contribution >= 0.6 is 0 Å². The molecule has 6 nitrogen and oxygen atoms in total. The summed E-state index contributed by atoms with van der Waals surface area (Å²) in [5, 5.41) is 0. The fourth-order valence-electron chi connectivity index (χ4n) is 1.79. The molecule has 0 radical (unpaired) electrons. The highest BCUT2D eigenvalue weighted by atomic mass is 16.2. The van der Waals surface area contributed by atoms with E-state index in [1.54, 1.807) is 6.20 Å². The van der Waals surface area contributed by atoms with Gasteiger partial charge >= 0.3 is 0 Å². The minimum atomic E-state index is -0.519. The number of aryl methyl sites for hydroxylation is 1. The van der Waals surface area contributed by atoms with Crippen molar-refractivity contribution in [2.45, 2.75) is 20.4 Å². The Balaban J connectivity index is 2.58. The summed E-state index contributed by atoms with van der Waals surface area (Å²) in [6.45, 7) is 5.04. The number of hydrazine groups is 1. The molecule has 0 unspecified atom stereocenters. The number of hydrogen-bond donors (Lipinski definition) is 2. The van der Waals surface area contributed by atoms with E-state index in [1.165, 1.54) is 0 Å². The maximum absolute atomic E-state index is 11.6. The number of nitrogens with one attached hydrogen (secondary N) is 1. The van der Waals surface area contributed by atoms with E-state index >= 15 is 0 Å². The Morgan fingerprint density at radius 2 is 2.29 bits per heavy atom. The van der Waals surface area contributed by atoms with Gasteiger partial charge in [-0.3, -0.25) is 15.1 Å². The van der Waals surface area contributed by atoms with Crippen molar-refractivity contribution in [3.63, 3.8) is 0 Å². The van der Waals surface area contributed by atoms with E-state index in [2.05, 4.69) is 15.3 Å². The molecule has 0 aliphatic heterocycles. The first-order chi connectivity index (χ1) is 7.86. The zero-order valence-corrected chi connectivity index (χ0v) is 10.9. The van der Waals surface area contributed by atoms with Crippen molar-refractivity contribution in [3.05, 3.63) is 18.2 Å². The lowest BCUT2D eigenvalue weighted by atomic mass is 9.92. The molecule has 0 spiro atoms. The van der Waals surface area contributed by atoms with Gasteiger partial charge in [0, 0.05) is 26.0 Å². The Labute approximate surface area is 102 Å². The Hall–Kier alpha value is -1.40. The lowest BCUT2D eigenvalue weighted by Gasteiger charge is -2.28. The molecule has 1 aromatic heterocycles. The number of rotatable bonds is 5. The Morgan fingerprint density at radius 3 is 2.76 bits per heavy atom. The van der Waals surface area contributed by atoms with Gasteiger partial charge in [0.2, 0.25) is 5.91 Å². The molecule has 6 heteroatoms. The van der Waals surface area contributed by atoms with Gasteiger partial charge in [0.1, 0.15) is 5.82 Å². The van der Waals surface area contributed by atoms with Gasteiger partial charge in [-0.2, -0.15) is 0 Å². The van der Waals surface area contributed by atoms with E-state index in [4.69, 9.17) is 5.84 Å². The fraction of sp³-hybridized carbons (Fsp3) is 0.636. The van der Waals surface area contributed by atoms with Gasteiger partial charge < -0.3 is 4.57 Å². The summed E-state index contributed by atoms with van der Waals surface area (Å²) < 4.78 is 1.96. The number of hydrogen-bond acceptors (Lipinski definition) is 4. The van der Waals surface area contributed by atoms with Crippen LogP contribution in [0, 0.1) is 5.41 Å². The van der Waals surface area contributed by atoms with Gasteiger partial charge in [-0.1, -0.05) is 0 Å². The van der Waals surface area contributed by atoms with Gasteiger partial charge in [-0.05, 0) is 20.9 Å². The molecule has 0 aromatic carbocycles. The normalized spacial score (nSPS) is 11.9. The molecular weight excluding hydrogens is 218 g/mol. The SMILES string of the molecule is CN(Cc1nccn1C)CC(C)(C)C(=O)NN. The predicted molar refractivity (Wildman–Crippen MR) is 65.7 cm³/mol. The zero-order valence-electron chi connectivity index (χ0n) is 10.9. The summed E-state index contributed by atoms with van der Waals surface area (Å²) in [6, 6.07) is 0. The second-order valence-electron chi connectivity index (χ2n) is 4.98. The predicted octanol–water partition coefficient (Wildman–Crippen LogP) is -0.132. The number of imidazole rings is 1. The number of nitrogens with zero attached hydrogens (tertiary/aromatic N) is 3. The highest BCUT2D eigenvalue weighted by molar-refractivity contribution is 5.81. The third-order valence-electron chi connectivity index (χ3n) is 2.74. The average Bonchev–Trinajstić information content (AvgIpc) is 2.62. The summed E-state index contributed by atoms with van der Waals surface area (Å²) >= 11 is 0. The zero-order chi connectivity index (χ0) is 13.1. The van der Waals surface area contributed by atoms with E-state index in [0.29, 0.717) is 13.1 Å². The van der Waals surface area contributed by atoms with Gasteiger partial charge in [0.15, 0.2) is 0 Å². The maximum atomic E-state index is 11.6. The van der Waals surface area contributed by atoms with Gasteiger partial charge in [-0.15, -0.1) is 0 Å². The highest BCUT2D eigenvalue weighted by Crippen LogP contribution is 2.17. The lowest BCUT2D eigenvalue weighted by Crippen LogP contribution is -2.46. The molecule has 0 aliphatic carbocycles. The van der Waals surface area contributed by atoms with Crippen LogP contribution in [0.1, 0.15) is 19.7 Å². The second-order valence-corrected chi connectivity index (χ2v) is 4.98. The third-order valence-corrected chi connectivity index (χ3v) is 2.74. The van der Waals surface area contributed by atoms with Crippen LogP contribution in [0.4, 0.5) is 0 Å². The molecule has 0 bridgehead atoms. The Morgan fingerprint density at radius 1 is 1.65 bits per heavy atom. The Kier molecular flexibility index (Phi) is 4.25. The van der Waals surface area contributed by atoms with E-state index in [0.717, 1.165) is 5.82 Å². The van der Waals surface area contributed by atoms with Crippen molar-refractivity contribution in [1.29, 1.82) is 0 Å².